The molecule has 0 saturated heterocycles. The van der Waals surface area contributed by atoms with Crippen molar-refractivity contribution in [2.75, 3.05) is 6.54 Å². The Hall–Kier alpha value is -4.34. The summed E-state index contributed by atoms with van der Waals surface area (Å²) in [5.74, 6) is -0.367. The van der Waals surface area contributed by atoms with Crippen molar-refractivity contribution in [1.29, 1.82) is 0 Å². The van der Waals surface area contributed by atoms with Gasteiger partial charge in [0.25, 0.3) is 5.89 Å². The second-order valence-corrected chi connectivity index (χ2v) is 8.81. The number of hydrogen-bond donors (Lipinski definition) is 1. The zero-order valence-corrected chi connectivity index (χ0v) is 18.4. The number of aromatic amines is 1. The number of furan rings is 1. The number of nitrogens with zero attached hydrogens (tertiary/aromatic N) is 5. The van der Waals surface area contributed by atoms with Gasteiger partial charge in [0.2, 0.25) is 0 Å². The largest absolute Gasteiger partial charge is 0.458 e. The number of halogens is 1. The zero-order valence-electron chi connectivity index (χ0n) is 18.4. The van der Waals surface area contributed by atoms with Crippen molar-refractivity contribution < 1.29 is 18.0 Å². The van der Waals surface area contributed by atoms with Crippen LogP contribution < -0.4 is 0 Å². The van der Waals surface area contributed by atoms with Gasteiger partial charge in [0, 0.05) is 35.8 Å². The lowest BCUT2D eigenvalue weighted by Crippen LogP contribution is -2.41. The number of amides is 1. The van der Waals surface area contributed by atoms with Crippen molar-refractivity contribution >= 4 is 16.9 Å². The summed E-state index contributed by atoms with van der Waals surface area (Å²) in [6.07, 6.45) is 5.80. The Morgan fingerprint density at radius 3 is 2.83 bits per heavy atom. The van der Waals surface area contributed by atoms with Gasteiger partial charge < -0.3 is 18.7 Å². The molecular weight excluding hydrogens is 451 g/mol. The molecule has 1 aliphatic carbocycles. The summed E-state index contributed by atoms with van der Waals surface area (Å²) >= 11 is 0. The van der Waals surface area contributed by atoms with Crippen molar-refractivity contribution in [2.24, 2.45) is 0 Å². The molecule has 9 nitrogen and oxygen atoms in total. The summed E-state index contributed by atoms with van der Waals surface area (Å²) in [5.41, 5.74) is 3.51. The van der Waals surface area contributed by atoms with E-state index in [0.29, 0.717) is 24.6 Å². The third-order valence-corrected chi connectivity index (χ3v) is 6.65. The van der Waals surface area contributed by atoms with Crippen LogP contribution in [0.4, 0.5) is 4.39 Å². The van der Waals surface area contributed by atoms with Crippen LogP contribution in [0.2, 0.25) is 0 Å². The third kappa shape index (κ3) is 3.17. The van der Waals surface area contributed by atoms with Crippen LogP contribution >= 0.6 is 0 Å². The van der Waals surface area contributed by atoms with Crippen LogP contribution in [0, 0.1) is 5.82 Å². The molecular formula is C25H19FN6O3. The van der Waals surface area contributed by atoms with Gasteiger partial charge >= 0.3 is 11.8 Å². The van der Waals surface area contributed by atoms with E-state index in [4.69, 9.17) is 8.83 Å². The number of fused-ring (bicyclic) bond motifs is 2. The highest BCUT2D eigenvalue weighted by atomic mass is 19.1. The minimum atomic E-state index is -0.608. The van der Waals surface area contributed by atoms with Crippen LogP contribution in [0.15, 0.2) is 57.8 Å². The number of hydrogen-bond acceptors (Lipinski definition) is 7. The molecule has 10 heteroatoms. The van der Waals surface area contributed by atoms with Gasteiger partial charge in [-0.05, 0) is 37.0 Å². The van der Waals surface area contributed by atoms with Crippen molar-refractivity contribution in [3.05, 3.63) is 83.3 Å². The maximum atomic E-state index is 14.2. The molecule has 7 rings (SSSR count). The third-order valence-electron chi connectivity index (χ3n) is 6.65. The molecule has 5 aromatic rings. The molecule has 0 radical (unpaired) electrons. The number of carbonyl (C=O) groups is 1. The summed E-state index contributed by atoms with van der Waals surface area (Å²) in [7, 11) is 0. The molecule has 1 saturated carbocycles. The molecule has 0 spiro atoms. The van der Waals surface area contributed by atoms with E-state index in [0.717, 1.165) is 40.8 Å². The van der Waals surface area contributed by atoms with Crippen LogP contribution in [0.25, 0.3) is 22.6 Å². The molecule has 35 heavy (non-hydrogen) atoms. The number of nitrogens with one attached hydrogen (secondary N) is 1. The van der Waals surface area contributed by atoms with Crippen LogP contribution in [0.5, 0.6) is 0 Å². The van der Waals surface area contributed by atoms with Gasteiger partial charge in [0.1, 0.15) is 17.4 Å². The Morgan fingerprint density at radius 2 is 1.97 bits per heavy atom. The summed E-state index contributed by atoms with van der Waals surface area (Å²) in [6.45, 7) is 0.398. The summed E-state index contributed by atoms with van der Waals surface area (Å²) < 4.78 is 26.2. The summed E-state index contributed by atoms with van der Waals surface area (Å²) in [4.78, 5) is 27.1. The lowest BCUT2D eigenvalue weighted by atomic mass is 9.95. The van der Waals surface area contributed by atoms with Gasteiger partial charge in [-0.1, -0.05) is 18.2 Å². The minimum Gasteiger partial charge on any atom is -0.458 e. The fourth-order valence-corrected chi connectivity index (χ4v) is 4.91. The van der Waals surface area contributed by atoms with E-state index < -0.39 is 17.8 Å². The van der Waals surface area contributed by atoms with E-state index >= 15 is 0 Å². The van der Waals surface area contributed by atoms with Gasteiger partial charge in [0.05, 0.1) is 12.0 Å². The van der Waals surface area contributed by atoms with E-state index in [2.05, 4.69) is 31.2 Å². The fourth-order valence-electron chi connectivity index (χ4n) is 4.91. The molecule has 2 aliphatic rings. The number of rotatable bonds is 4. The predicted octanol–water partition coefficient (Wildman–Crippen LogP) is 4.41. The smallest absolute Gasteiger partial charge is 0.312 e. The van der Waals surface area contributed by atoms with Crippen LogP contribution in [-0.2, 0) is 6.42 Å². The van der Waals surface area contributed by atoms with E-state index in [9.17, 15) is 9.18 Å². The van der Waals surface area contributed by atoms with Crippen molar-refractivity contribution in [3.63, 3.8) is 0 Å². The number of imidazole rings is 1. The van der Waals surface area contributed by atoms with Crippen LogP contribution in [0.1, 0.15) is 58.2 Å². The number of H-pyrrole nitrogens is 1. The number of carbonyl (C=O) groups excluding carboxylic acids is 1. The molecule has 5 heterocycles. The molecule has 1 N–H and O–H groups in total. The normalized spacial score (nSPS) is 17.6. The molecule has 1 amide bonds. The molecule has 4 aromatic heterocycles. The minimum absolute atomic E-state index is 0.0999. The first kappa shape index (κ1) is 20.1. The molecule has 1 atom stereocenters. The number of benzene rings is 1. The Kier molecular flexibility index (Phi) is 4.35. The Labute approximate surface area is 198 Å². The monoisotopic (exact) mass is 470 g/mol. The van der Waals surface area contributed by atoms with Crippen LogP contribution in [0.3, 0.4) is 0 Å². The fraction of sp³-hybridized carbons (Fsp3) is 0.240. The second-order valence-electron chi connectivity index (χ2n) is 8.81. The van der Waals surface area contributed by atoms with E-state index in [1.54, 1.807) is 11.2 Å². The molecule has 0 unspecified atom stereocenters. The number of para-hydroxylation sites is 1. The lowest BCUT2D eigenvalue weighted by molar-refractivity contribution is 0.0631. The first-order chi connectivity index (χ1) is 17.2. The number of pyridine rings is 1. The number of aromatic nitrogens is 5. The van der Waals surface area contributed by atoms with Crippen LogP contribution in [-0.4, -0.2) is 42.5 Å². The average molecular weight is 470 g/mol. The van der Waals surface area contributed by atoms with E-state index in [1.165, 1.54) is 18.3 Å². The lowest BCUT2D eigenvalue weighted by Gasteiger charge is -2.33. The van der Waals surface area contributed by atoms with Crippen molar-refractivity contribution in [1.82, 2.24) is 30.0 Å². The van der Waals surface area contributed by atoms with Gasteiger partial charge in [0.15, 0.2) is 11.5 Å². The Balaban J connectivity index is 1.33. The molecule has 1 fully saturated rings. The van der Waals surface area contributed by atoms with Gasteiger partial charge in [-0.15, -0.1) is 10.2 Å². The topological polar surface area (TPSA) is 114 Å². The highest BCUT2D eigenvalue weighted by Crippen LogP contribution is 2.50. The maximum Gasteiger partial charge on any atom is 0.312 e. The first-order valence-electron chi connectivity index (χ1n) is 11.5. The highest BCUT2D eigenvalue weighted by Gasteiger charge is 2.42. The standard InChI is InChI=1S/C25H19FN6O3/c26-15-5-3-10-27-19(15)23-30-31-24(35-23)25(33)32-11-9-16-20(29-12-28-16)21(32)22-18(13-7-8-13)14-4-1-2-6-17(14)34-22/h1-6,10,12-13,21H,7-9,11H2,(H,28,29)/t21-/m0/s1. The summed E-state index contributed by atoms with van der Waals surface area (Å²) in [5, 5.41) is 8.85. The van der Waals surface area contributed by atoms with Gasteiger partial charge in [-0.2, -0.15) is 0 Å². The van der Waals surface area contributed by atoms with E-state index in [-0.39, 0.29) is 17.5 Å². The predicted molar refractivity (Wildman–Crippen MR) is 121 cm³/mol. The summed E-state index contributed by atoms with van der Waals surface area (Å²) in [6, 6.07) is 10.1. The van der Waals surface area contributed by atoms with Crippen molar-refractivity contribution in [3.8, 4) is 11.6 Å². The quantitative estimate of drug-likeness (QED) is 0.414. The molecule has 1 aromatic carbocycles. The maximum absolute atomic E-state index is 14.2. The first-order valence-corrected chi connectivity index (χ1v) is 11.5. The Bertz CT molecular complexity index is 1580. The zero-order chi connectivity index (χ0) is 23.5. The SMILES string of the molecule is O=C(c1nnc(-c2ncccc2F)o1)N1CCc2[nH]cnc2[C@H]1c1oc2ccccc2c1C1CC1. The molecule has 174 valence electrons. The van der Waals surface area contributed by atoms with E-state index in [1.807, 2.05) is 18.2 Å². The molecule has 1 aliphatic heterocycles. The molecule has 0 bridgehead atoms. The van der Waals surface area contributed by atoms with Crippen molar-refractivity contribution in [2.45, 2.75) is 31.2 Å². The van der Waals surface area contributed by atoms with Gasteiger partial charge in [-0.25, -0.2) is 14.4 Å². The highest BCUT2D eigenvalue weighted by molar-refractivity contribution is 5.91. The Morgan fingerprint density at radius 1 is 1.09 bits per heavy atom. The average Bonchev–Trinajstić information content (AvgIpc) is 3.28. The second kappa shape index (κ2) is 7.59. The van der Waals surface area contributed by atoms with Gasteiger partial charge in [-0.3, -0.25) is 4.79 Å².